The van der Waals surface area contributed by atoms with Crippen LogP contribution >= 0.6 is 0 Å². The van der Waals surface area contributed by atoms with Crippen molar-refractivity contribution in [1.29, 1.82) is 0 Å². The Hall–Kier alpha value is -3.35. The molecular formula is C23H23F2N3O2. The van der Waals surface area contributed by atoms with E-state index in [2.05, 4.69) is 10.2 Å². The van der Waals surface area contributed by atoms with E-state index in [0.29, 0.717) is 16.9 Å². The van der Waals surface area contributed by atoms with Gasteiger partial charge in [-0.25, -0.2) is 8.78 Å². The fourth-order valence-electron chi connectivity index (χ4n) is 3.04. The Bertz CT molecular complexity index is 1010. The van der Waals surface area contributed by atoms with Crippen molar-refractivity contribution in [2.45, 2.75) is 13.3 Å². The number of hydrogen-bond donors (Lipinski definition) is 0. The van der Waals surface area contributed by atoms with Crippen LogP contribution in [-0.4, -0.2) is 26.7 Å². The molecule has 0 N–H and O–H groups in total. The summed E-state index contributed by atoms with van der Waals surface area (Å²) in [6.45, 7) is 1.85. The number of halogens is 2. The fourth-order valence-corrected chi connectivity index (χ4v) is 3.04. The van der Waals surface area contributed by atoms with Crippen LogP contribution in [0.25, 0.3) is 5.57 Å². The van der Waals surface area contributed by atoms with Crippen LogP contribution in [0.1, 0.15) is 18.9 Å². The van der Waals surface area contributed by atoms with Gasteiger partial charge in [0.1, 0.15) is 17.6 Å². The average molecular weight is 411 g/mol. The summed E-state index contributed by atoms with van der Waals surface area (Å²) in [6, 6.07) is 11.9. The summed E-state index contributed by atoms with van der Waals surface area (Å²) in [5.41, 5.74) is 2.65. The second-order valence-corrected chi connectivity index (χ2v) is 7.00. The fraction of sp³-hybridized carbons (Fsp3) is 0.261. The third-order valence-corrected chi connectivity index (χ3v) is 4.68. The van der Waals surface area contributed by atoms with Gasteiger partial charge in [0.2, 0.25) is 0 Å². The Balaban J connectivity index is 1.73. The summed E-state index contributed by atoms with van der Waals surface area (Å²) in [4.78, 5) is 13.7. The number of azo groups is 1. The molecule has 0 spiro atoms. The molecule has 30 heavy (non-hydrogen) atoms. The Labute approximate surface area is 174 Å². The zero-order valence-electron chi connectivity index (χ0n) is 17.1. The van der Waals surface area contributed by atoms with E-state index in [1.54, 1.807) is 19.1 Å². The number of benzene rings is 2. The van der Waals surface area contributed by atoms with Gasteiger partial charge in [-0.15, -0.1) is 0 Å². The number of allylic oxidation sites excluding steroid dienone is 3. The summed E-state index contributed by atoms with van der Waals surface area (Å²) in [6.07, 6.45) is 2.94. The highest BCUT2D eigenvalue weighted by Gasteiger charge is 2.27. The van der Waals surface area contributed by atoms with E-state index in [4.69, 9.17) is 4.74 Å². The molecule has 0 radical (unpaired) electrons. The predicted octanol–water partition coefficient (Wildman–Crippen LogP) is 6.13. The lowest BCUT2D eigenvalue weighted by atomic mass is 9.91. The molecule has 1 aliphatic rings. The molecule has 0 amide bonds. The maximum atomic E-state index is 14.6. The highest BCUT2D eigenvalue weighted by atomic mass is 19.1. The Morgan fingerprint density at radius 3 is 2.37 bits per heavy atom. The van der Waals surface area contributed by atoms with Gasteiger partial charge in [-0.3, -0.25) is 4.79 Å². The van der Waals surface area contributed by atoms with Crippen LogP contribution in [0.3, 0.4) is 0 Å². The number of hydrogen-bond acceptors (Lipinski definition) is 5. The number of carbonyl (C=O) groups excluding carboxylic acids is 1. The quantitative estimate of drug-likeness (QED) is 0.425. The van der Waals surface area contributed by atoms with E-state index in [1.165, 1.54) is 18.2 Å². The van der Waals surface area contributed by atoms with Crippen LogP contribution in [-0.2, 0) is 9.53 Å². The standard InChI is InChI=1S/C23H23F2N3O2/c1-4-30-23(29)20-11-5-15(13-21(20)24)19-12-8-17(14-22(19)25)27-26-16-6-9-18(10-7-16)28(2)3/h5-10,12-14,20H,4,11H2,1-3H3. The van der Waals surface area contributed by atoms with E-state index in [-0.39, 0.29) is 18.6 Å². The zero-order chi connectivity index (χ0) is 21.7. The molecule has 0 aliphatic heterocycles. The van der Waals surface area contributed by atoms with Crippen LogP contribution in [0.15, 0.2) is 70.7 Å². The zero-order valence-corrected chi connectivity index (χ0v) is 17.1. The maximum Gasteiger partial charge on any atom is 0.316 e. The third kappa shape index (κ3) is 4.97. The van der Waals surface area contributed by atoms with Crippen molar-refractivity contribution >= 4 is 28.6 Å². The first-order valence-corrected chi connectivity index (χ1v) is 9.62. The number of nitrogens with zero attached hydrogens (tertiary/aromatic N) is 3. The summed E-state index contributed by atoms with van der Waals surface area (Å²) in [7, 11) is 3.89. The highest BCUT2D eigenvalue weighted by molar-refractivity contribution is 5.82. The Morgan fingerprint density at radius 2 is 1.77 bits per heavy atom. The van der Waals surface area contributed by atoms with Crippen molar-refractivity contribution in [1.82, 2.24) is 0 Å². The normalized spacial score (nSPS) is 16.2. The van der Waals surface area contributed by atoms with Crippen molar-refractivity contribution < 1.29 is 18.3 Å². The van der Waals surface area contributed by atoms with Gasteiger partial charge in [0, 0.05) is 31.4 Å². The van der Waals surface area contributed by atoms with Gasteiger partial charge in [0.15, 0.2) is 0 Å². The lowest BCUT2D eigenvalue weighted by Gasteiger charge is -2.17. The van der Waals surface area contributed by atoms with E-state index in [1.807, 2.05) is 43.3 Å². The average Bonchev–Trinajstić information content (AvgIpc) is 2.72. The molecule has 2 aromatic carbocycles. The molecule has 1 aliphatic carbocycles. The molecule has 0 heterocycles. The Kier molecular flexibility index (Phi) is 6.72. The van der Waals surface area contributed by atoms with Gasteiger partial charge < -0.3 is 9.64 Å². The van der Waals surface area contributed by atoms with Gasteiger partial charge in [0.05, 0.1) is 18.0 Å². The molecule has 7 heteroatoms. The third-order valence-electron chi connectivity index (χ3n) is 4.68. The highest BCUT2D eigenvalue weighted by Crippen LogP contribution is 2.33. The molecule has 0 fully saturated rings. The first-order valence-electron chi connectivity index (χ1n) is 9.62. The lowest BCUT2D eigenvalue weighted by molar-refractivity contribution is -0.147. The van der Waals surface area contributed by atoms with E-state index in [0.717, 1.165) is 5.69 Å². The molecule has 1 atom stereocenters. The van der Waals surface area contributed by atoms with Crippen LogP contribution < -0.4 is 4.90 Å². The summed E-state index contributed by atoms with van der Waals surface area (Å²) in [5.74, 6) is -2.75. The number of carbonyl (C=O) groups is 1. The summed E-state index contributed by atoms with van der Waals surface area (Å²) < 4.78 is 33.8. The van der Waals surface area contributed by atoms with Crippen LogP contribution in [0, 0.1) is 11.7 Å². The second kappa shape index (κ2) is 9.43. The molecule has 2 aromatic rings. The lowest BCUT2D eigenvalue weighted by Crippen LogP contribution is -2.19. The Morgan fingerprint density at radius 1 is 1.10 bits per heavy atom. The van der Waals surface area contributed by atoms with Gasteiger partial charge in [-0.2, -0.15) is 10.2 Å². The van der Waals surface area contributed by atoms with Gasteiger partial charge in [0.25, 0.3) is 0 Å². The van der Waals surface area contributed by atoms with E-state index in [9.17, 15) is 13.6 Å². The molecule has 0 saturated carbocycles. The van der Waals surface area contributed by atoms with Crippen molar-refractivity contribution in [2.24, 2.45) is 16.1 Å². The minimum atomic E-state index is -0.969. The largest absolute Gasteiger partial charge is 0.465 e. The van der Waals surface area contributed by atoms with Crippen molar-refractivity contribution in [2.75, 3.05) is 25.6 Å². The first kappa shape index (κ1) is 21.4. The van der Waals surface area contributed by atoms with Gasteiger partial charge >= 0.3 is 5.97 Å². The van der Waals surface area contributed by atoms with Crippen molar-refractivity contribution in [3.8, 4) is 0 Å². The second-order valence-electron chi connectivity index (χ2n) is 7.00. The minimum Gasteiger partial charge on any atom is -0.465 e. The van der Waals surface area contributed by atoms with Gasteiger partial charge in [-0.05, 0) is 61.4 Å². The molecular weight excluding hydrogens is 388 g/mol. The molecule has 0 aromatic heterocycles. The number of rotatable bonds is 6. The summed E-state index contributed by atoms with van der Waals surface area (Å²) >= 11 is 0. The minimum absolute atomic E-state index is 0.125. The first-order chi connectivity index (χ1) is 14.4. The number of esters is 1. The van der Waals surface area contributed by atoms with Crippen LogP contribution in [0.5, 0.6) is 0 Å². The summed E-state index contributed by atoms with van der Waals surface area (Å²) in [5, 5.41) is 8.19. The molecule has 0 saturated heterocycles. The van der Waals surface area contributed by atoms with Crippen LogP contribution in [0.2, 0.25) is 0 Å². The number of ether oxygens (including phenoxy) is 1. The van der Waals surface area contributed by atoms with Crippen molar-refractivity contribution in [3.63, 3.8) is 0 Å². The van der Waals surface area contributed by atoms with E-state index < -0.39 is 23.5 Å². The monoisotopic (exact) mass is 411 g/mol. The predicted molar refractivity (Wildman–Crippen MR) is 113 cm³/mol. The maximum absolute atomic E-state index is 14.6. The molecule has 3 rings (SSSR count). The molecule has 1 unspecified atom stereocenters. The van der Waals surface area contributed by atoms with Gasteiger partial charge in [-0.1, -0.05) is 6.08 Å². The topological polar surface area (TPSA) is 54.3 Å². The van der Waals surface area contributed by atoms with Crippen LogP contribution in [0.4, 0.5) is 25.8 Å². The van der Waals surface area contributed by atoms with Crippen molar-refractivity contribution in [3.05, 3.63) is 71.8 Å². The molecule has 5 nitrogen and oxygen atoms in total. The molecule has 156 valence electrons. The van der Waals surface area contributed by atoms with E-state index >= 15 is 0 Å². The molecule has 0 bridgehead atoms. The smallest absolute Gasteiger partial charge is 0.316 e. The number of anilines is 1. The SMILES string of the molecule is CCOC(=O)C1CC=C(c2ccc(N=Nc3ccc(N(C)C)cc3)cc2F)C=C1F.